The molecule has 1 amide bonds. The summed E-state index contributed by atoms with van der Waals surface area (Å²) in [6, 6.07) is 14.1. The normalized spacial score (nSPS) is 16.9. The van der Waals surface area contributed by atoms with Crippen LogP contribution in [0.15, 0.2) is 48.5 Å². The van der Waals surface area contributed by atoms with Crippen molar-refractivity contribution in [1.29, 1.82) is 0 Å². The number of ether oxygens (including phenoxy) is 2. The van der Waals surface area contributed by atoms with Crippen LogP contribution in [0.2, 0.25) is 0 Å². The molecule has 126 valence electrons. The van der Waals surface area contributed by atoms with Crippen LogP contribution in [0.5, 0.6) is 5.75 Å². The van der Waals surface area contributed by atoms with E-state index in [1.807, 2.05) is 24.3 Å². The molecule has 0 aliphatic carbocycles. The maximum absolute atomic E-state index is 13.0. The summed E-state index contributed by atoms with van der Waals surface area (Å²) in [6.45, 7) is 3.34. The third kappa shape index (κ3) is 3.85. The number of likely N-dealkylation sites (tertiary alicyclic amines) is 1. The summed E-state index contributed by atoms with van der Waals surface area (Å²) in [6.07, 6.45) is 0.445. The highest BCUT2D eigenvalue weighted by molar-refractivity contribution is 5.68. The molecule has 5 heteroatoms. The Bertz CT molecular complexity index is 702. The highest BCUT2D eigenvalue weighted by atomic mass is 19.1. The maximum atomic E-state index is 13.0. The fraction of sp³-hybridized carbons (Fsp3) is 0.316. The third-order valence-electron chi connectivity index (χ3n) is 3.99. The van der Waals surface area contributed by atoms with E-state index in [0.29, 0.717) is 19.7 Å². The third-order valence-corrected chi connectivity index (χ3v) is 3.99. The van der Waals surface area contributed by atoms with Crippen molar-refractivity contribution in [2.45, 2.75) is 19.4 Å². The summed E-state index contributed by atoms with van der Waals surface area (Å²) in [4.78, 5) is 13.4. The molecule has 0 spiro atoms. The lowest BCUT2D eigenvalue weighted by molar-refractivity contribution is 0.110. The van der Waals surface area contributed by atoms with Gasteiger partial charge in [-0.15, -0.1) is 0 Å². The quantitative estimate of drug-likeness (QED) is 0.847. The molecule has 3 rings (SSSR count). The second-order valence-corrected chi connectivity index (χ2v) is 5.71. The largest absolute Gasteiger partial charge is 0.488 e. The van der Waals surface area contributed by atoms with Crippen molar-refractivity contribution in [3.63, 3.8) is 0 Å². The number of carbonyl (C=O) groups is 1. The van der Waals surface area contributed by atoms with E-state index in [4.69, 9.17) is 9.47 Å². The summed E-state index contributed by atoms with van der Waals surface area (Å²) < 4.78 is 24.0. The molecule has 0 bridgehead atoms. The van der Waals surface area contributed by atoms with Gasteiger partial charge in [0.25, 0.3) is 0 Å². The van der Waals surface area contributed by atoms with Gasteiger partial charge in [-0.3, -0.25) is 0 Å². The molecule has 0 aromatic heterocycles. The Balaban J connectivity index is 1.65. The summed E-state index contributed by atoms with van der Waals surface area (Å²) >= 11 is 0. The number of amides is 1. The molecule has 2 aromatic rings. The molecule has 0 N–H and O–H groups in total. The van der Waals surface area contributed by atoms with Gasteiger partial charge in [0, 0.05) is 13.0 Å². The van der Waals surface area contributed by atoms with E-state index in [1.165, 1.54) is 12.1 Å². The molecule has 1 saturated heterocycles. The molecule has 0 unspecified atom stereocenters. The molecule has 1 heterocycles. The van der Waals surface area contributed by atoms with Crippen LogP contribution in [0, 0.1) is 5.82 Å². The van der Waals surface area contributed by atoms with Crippen molar-refractivity contribution < 1.29 is 18.7 Å². The average molecular weight is 329 g/mol. The van der Waals surface area contributed by atoms with Gasteiger partial charge in [0.2, 0.25) is 0 Å². The lowest BCUT2D eigenvalue weighted by Crippen LogP contribution is -2.31. The number of benzene rings is 2. The molecule has 4 nitrogen and oxygen atoms in total. The number of hydrogen-bond donors (Lipinski definition) is 0. The van der Waals surface area contributed by atoms with E-state index in [9.17, 15) is 9.18 Å². The molecule has 1 fully saturated rings. The lowest BCUT2D eigenvalue weighted by Gasteiger charge is -2.17. The SMILES string of the molecule is CCOC(=O)N1CC[C@H](Oc2cccc(-c3ccc(F)cc3)c2)C1. The smallest absolute Gasteiger partial charge is 0.409 e. The Morgan fingerprint density at radius 1 is 1.21 bits per heavy atom. The van der Waals surface area contributed by atoms with Crippen LogP contribution >= 0.6 is 0 Å². The summed E-state index contributed by atoms with van der Waals surface area (Å²) in [5.41, 5.74) is 1.90. The molecule has 1 aliphatic rings. The van der Waals surface area contributed by atoms with Gasteiger partial charge in [-0.05, 0) is 42.3 Å². The first-order chi connectivity index (χ1) is 11.7. The van der Waals surface area contributed by atoms with Crippen LogP contribution in [0.3, 0.4) is 0 Å². The van der Waals surface area contributed by atoms with Crippen LogP contribution in [0.4, 0.5) is 9.18 Å². The molecule has 2 aromatic carbocycles. The molecular weight excluding hydrogens is 309 g/mol. The van der Waals surface area contributed by atoms with Crippen LogP contribution in [-0.4, -0.2) is 36.8 Å². The lowest BCUT2D eigenvalue weighted by atomic mass is 10.1. The van der Waals surface area contributed by atoms with Crippen LogP contribution in [-0.2, 0) is 4.74 Å². The van der Waals surface area contributed by atoms with Crippen molar-refractivity contribution in [2.75, 3.05) is 19.7 Å². The van der Waals surface area contributed by atoms with Crippen molar-refractivity contribution in [2.24, 2.45) is 0 Å². The van der Waals surface area contributed by atoms with Gasteiger partial charge < -0.3 is 14.4 Å². The van der Waals surface area contributed by atoms with Crippen LogP contribution < -0.4 is 4.74 Å². The first-order valence-electron chi connectivity index (χ1n) is 8.10. The van der Waals surface area contributed by atoms with Gasteiger partial charge in [0.1, 0.15) is 17.7 Å². The zero-order chi connectivity index (χ0) is 16.9. The van der Waals surface area contributed by atoms with E-state index >= 15 is 0 Å². The van der Waals surface area contributed by atoms with E-state index in [2.05, 4.69) is 0 Å². The number of carbonyl (C=O) groups excluding carboxylic acids is 1. The van der Waals surface area contributed by atoms with Gasteiger partial charge in [0.15, 0.2) is 0 Å². The number of rotatable bonds is 4. The van der Waals surface area contributed by atoms with Gasteiger partial charge in [-0.25, -0.2) is 9.18 Å². The van der Waals surface area contributed by atoms with Crippen LogP contribution in [0.1, 0.15) is 13.3 Å². The predicted octanol–water partition coefficient (Wildman–Crippen LogP) is 4.10. The second-order valence-electron chi connectivity index (χ2n) is 5.71. The van der Waals surface area contributed by atoms with E-state index in [1.54, 1.807) is 24.0 Å². The summed E-state index contributed by atoms with van der Waals surface area (Å²) in [5, 5.41) is 0. The van der Waals surface area contributed by atoms with E-state index in [-0.39, 0.29) is 18.0 Å². The minimum atomic E-state index is -0.288. The Morgan fingerprint density at radius 3 is 2.75 bits per heavy atom. The standard InChI is InChI=1S/C19H20FNO3/c1-2-23-19(22)21-11-10-18(13-21)24-17-5-3-4-15(12-17)14-6-8-16(20)9-7-14/h3-9,12,18H,2,10-11,13H2,1H3/t18-/m0/s1. The van der Waals surface area contributed by atoms with Crippen LogP contribution in [0.25, 0.3) is 11.1 Å². The van der Waals surface area contributed by atoms with Gasteiger partial charge >= 0.3 is 6.09 Å². The zero-order valence-electron chi connectivity index (χ0n) is 13.6. The van der Waals surface area contributed by atoms with Gasteiger partial charge in [-0.2, -0.15) is 0 Å². The minimum Gasteiger partial charge on any atom is -0.488 e. The van der Waals surface area contributed by atoms with Crippen molar-refractivity contribution >= 4 is 6.09 Å². The highest BCUT2D eigenvalue weighted by Crippen LogP contribution is 2.26. The Kier molecular flexibility index (Phi) is 4.99. The molecular formula is C19H20FNO3. The first-order valence-corrected chi connectivity index (χ1v) is 8.10. The molecule has 0 radical (unpaired) electrons. The second kappa shape index (κ2) is 7.34. The monoisotopic (exact) mass is 329 g/mol. The summed E-state index contributed by atoms with van der Waals surface area (Å²) in [7, 11) is 0. The topological polar surface area (TPSA) is 38.8 Å². The van der Waals surface area contributed by atoms with E-state index in [0.717, 1.165) is 23.3 Å². The fourth-order valence-electron chi connectivity index (χ4n) is 2.79. The Hall–Kier alpha value is -2.56. The molecule has 24 heavy (non-hydrogen) atoms. The average Bonchev–Trinajstić information content (AvgIpc) is 3.05. The Morgan fingerprint density at radius 2 is 2.00 bits per heavy atom. The molecule has 0 saturated carbocycles. The summed E-state index contributed by atoms with van der Waals surface area (Å²) in [5.74, 6) is 0.490. The molecule has 1 aliphatic heterocycles. The first kappa shape index (κ1) is 16.3. The van der Waals surface area contributed by atoms with Crippen molar-refractivity contribution in [3.8, 4) is 16.9 Å². The number of nitrogens with zero attached hydrogens (tertiary/aromatic N) is 1. The van der Waals surface area contributed by atoms with Crippen molar-refractivity contribution in [3.05, 3.63) is 54.3 Å². The maximum Gasteiger partial charge on any atom is 0.409 e. The van der Waals surface area contributed by atoms with Gasteiger partial charge in [-0.1, -0.05) is 24.3 Å². The van der Waals surface area contributed by atoms with Gasteiger partial charge in [0.05, 0.1) is 13.2 Å². The highest BCUT2D eigenvalue weighted by Gasteiger charge is 2.28. The number of halogens is 1. The predicted molar refractivity (Wildman–Crippen MR) is 89.5 cm³/mol. The fourth-order valence-corrected chi connectivity index (χ4v) is 2.79. The molecule has 1 atom stereocenters. The van der Waals surface area contributed by atoms with E-state index < -0.39 is 0 Å². The number of hydrogen-bond acceptors (Lipinski definition) is 3. The van der Waals surface area contributed by atoms with Crippen molar-refractivity contribution in [1.82, 2.24) is 4.90 Å². The zero-order valence-corrected chi connectivity index (χ0v) is 13.6. The minimum absolute atomic E-state index is 0.0436. The Labute approximate surface area is 140 Å².